The van der Waals surface area contributed by atoms with Crippen LogP contribution in [0.1, 0.15) is 29.6 Å². The minimum Gasteiger partial charge on any atom is -0.376 e. The van der Waals surface area contributed by atoms with E-state index >= 15 is 0 Å². The van der Waals surface area contributed by atoms with Gasteiger partial charge in [0, 0.05) is 23.4 Å². The highest BCUT2D eigenvalue weighted by atomic mass is 35.5. The predicted octanol–water partition coefficient (Wildman–Crippen LogP) is 3.36. The molecule has 5 nitrogen and oxygen atoms in total. The molecule has 0 saturated carbocycles. The normalized spacial score (nSPS) is 18.1. The third-order valence-corrected chi connectivity index (χ3v) is 3.88. The summed E-state index contributed by atoms with van der Waals surface area (Å²) >= 11 is 5.89. The molecule has 2 heterocycles. The number of carbonyl (C=O) groups is 1. The molecule has 0 spiro atoms. The fourth-order valence-corrected chi connectivity index (χ4v) is 2.71. The molecule has 1 aromatic carbocycles. The SMILES string of the molecule is O=C(Nc1cnn(CC2CCCCO2)c1)c1cccc(Cl)c1. The summed E-state index contributed by atoms with van der Waals surface area (Å²) in [4.78, 5) is 12.1. The van der Waals surface area contributed by atoms with Gasteiger partial charge < -0.3 is 10.1 Å². The quantitative estimate of drug-likeness (QED) is 0.940. The van der Waals surface area contributed by atoms with Crippen LogP contribution in [0.5, 0.6) is 0 Å². The van der Waals surface area contributed by atoms with Crippen LogP contribution in [0.3, 0.4) is 0 Å². The van der Waals surface area contributed by atoms with Crippen LogP contribution in [0.15, 0.2) is 36.7 Å². The van der Waals surface area contributed by atoms with Gasteiger partial charge in [0.15, 0.2) is 0 Å². The number of rotatable bonds is 4. The fraction of sp³-hybridized carbons (Fsp3) is 0.375. The average Bonchev–Trinajstić information content (AvgIpc) is 2.95. The van der Waals surface area contributed by atoms with Gasteiger partial charge in [-0.25, -0.2) is 0 Å². The fourth-order valence-electron chi connectivity index (χ4n) is 2.52. The standard InChI is InChI=1S/C16H18ClN3O2/c17-13-5-3-4-12(8-13)16(21)19-14-9-18-20(10-14)11-15-6-1-2-7-22-15/h3-5,8-10,15H,1-2,6-7,11H2,(H,19,21). The zero-order chi connectivity index (χ0) is 15.4. The molecule has 1 aromatic heterocycles. The van der Waals surface area contributed by atoms with E-state index in [1.807, 2.05) is 10.9 Å². The van der Waals surface area contributed by atoms with Gasteiger partial charge in [0.25, 0.3) is 5.91 Å². The first kappa shape index (κ1) is 15.1. The maximum absolute atomic E-state index is 12.1. The number of hydrogen-bond acceptors (Lipinski definition) is 3. The van der Waals surface area contributed by atoms with Gasteiger partial charge in [-0.05, 0) is 37.5 Å². The maximum Gasteiger partial charge on any atom is 0.255 e. The molecule has 1 aliphatic heterocycles. The molecule has 1 aliphatic rings. The number of nitrogens with zero attached hydrogens (tertiary/aromatic N) is 2. The van der Waals surface area contributed by atoms with Crippen molar-refractivity contribution in [3.05, 3.63) is 47.2 Å². The smallest absolute Gasteiger partial charge is 0.255 e. The molecule has 0 radical (unpaired) electrons. The summed E-state index contributed by atoms with van der Waals surface area (Å²) in [6.45, 7) is 1.54. The molecule has 3 rings (SSSR count). The second-order valence-electron chi connectivity index (χ2n) is 5.40. The number of hydrogen-bond donors (Lipinski definition) is 1. The Kier molecular flexibility index (Phi) is 4.75. The minimum atomic E-state index is -0.198. The molecule has 22 heavy (non-hydrogen) atoms. The minimum absolute atomic E-state index is 0.198. The van der Waals surface area contributed by atoms with E-state index in [4.69, 9.17) is 16.3 Å². The van der Waals surface area contributed by atoms with Crippen LogP contribution < -0.4 is 5.32 Å². The molecule has 2 aromatic rings. The van der Waals surface area contributed by atoms with E-state index in [-0.39, 0.29) is 12.0 Å². The summed E-state index contributed by atoms with van der Waals surface area (Å²) in [5, 5.41) is 7.63. The number of aromatic nitrogens is 2. The number of ether oxygens (including phenoxy) is 1. The molecule has 1 unspecified atom stereocenters. The lowest BCUT2D eigenvalue weighted by atomic mass is 10.1. The van der Waals surface area contributed by atoms with Crippen LogP contribution in [0.25, 0.3) is 0 Å². The van der Waals surface area contributed by atoms with Crippen LogP contribution in [-0.2, 0) is 11.3 Å². The van der Waals surface area contributed by atoms with Crippen molar-refractivity contribution in [3.8, 4) is 0 Å². The van der Waals surface area contributed by atoms with Gasteiger partial charge in [-0.15, -0.1) is 0 Å². The molecule has 1 fully saturated rings. The van der Waals surface area contributed by atoms with Crippen molar-refractivity contribution in [2.75, 3.05) is 11.9 Å². The Morgan fingerprint density at radius 2 is 2.36 bits per heavy atom. The Bertz CT molecular complexity index is 650. The molecule has 116 valence electrons. The summed E-state index contributed by atoms with van der Waals surface area (Å²) in [6, 6.07) is 6.85. The Balaban J connectivity index is 1.60. The van der Waals surface area contributed by atoms with Crippen LogP contribution in [-0.4, -0.2) is 28.4 Å². The van der Waals surface area contributed by atoms with Crippen molar-refractivity contribution in [2.45, 2.75) is 31.9 Å². The number of nitrogens with one attached hydrogen (secondary N) is 1. The van der Waals surface area contributed by atoms with Crippen molar-refractivity contribution in [2.24, 2.45) is 0 Å². The van der Waals surface area contributed by atoms with Gasteiger partial charge in [0.05, 0.1) is 24.5 Å². The maximum atomic E-state index is 12.1. The topological polar surface area (TPSA) is 56.2 Å². The number of anilines is 1. The van der Waals surface area contributed by atoms with Crippen LogP contribution >= 0.6 is 11.6 Å². The Labute approximate surface area is 134 Å². The molecule has 1 N–H and O–H groups in total. The second-order valence-corrected chi connectivity index (χ2v) is 5.84. The largest absolute Gasteiger partial charge is 0.376 e. The van der Waals surface area contributed by atoms with Gasteiger partial charge in [0.1, 0.15) is 0 Å². The molecular weight excluding hydrogens is 302 g/mol. The first-order valence-corrected chi connectivity index (χ1v) is 7.79. The van der Waals surface area contributed by atoms with E-state index in [1.54, 1.807) is 30.5 Å². The summed E-state index contributed by atoms with van der Waals surface area (Å²) in [5.74, 6) is -0.198. The molecule has 1 amide bonds. The van der Waals surface area contributed by atoms with Crippen molar-refractivity contribution in [3.63, 3.8) is 0 Å². The van der Waals surface area contributed by atoms with Crippen molar-refractivity contribution in [1.82, 2.24) is 9.78 Å². The van der Waals surface area contributed by atoms with Gasteiger partial charge in [-0.3, -0.25) is 9.48 Å². The van der Waals surface area contributed by atoms with E-state index in [1.165, 1.54) is 6.42 Å². The van der Waals surface area contributed by atoms with Gasteiger partial charge in [0.2, 0.25) is 0 Å². The van der Waals surface area contributed by atoms with Crippen LogP contribution in [0.4, 0.5) is 5.69 Å². The summed E-state index contributed by atoms with van der Waals surface area (Å²) in [7, 11) is 0. The average molecular weight is 320 g/mol. The molecule has 0 bridgehead atoms. The molecular formula is C16H18ClN3O2. The highest BCUT2D eigenvalue weighted by molar-refractivity contribution is 6.31. The number of benzene rings is 1. The van der Waals surface area contributed by atoms with E-state index < -0.39 is 0 Å². The van der Waals surface area contributed by atoms with E-state index in [9.17, 15) is 4.79 Å². The first-order chi connectivity index (χ1) is 10.7. The summed E-state index contributed by atoms with van der Waals surface area (Å²) in [5.41, 5.74) is 1.19. The Hall–Kier alpha value is -1.85. The van der Waals surface area contributed by atoms with Gasteiger partial charge in [-0.2, -0.15) is 5.10 Å². The summed E-state index contributed by atoms with van der Waals surface area (Å²) in [6.07, 6.45) is 7.07. The number of halogens is 1. The van der Waals surface area contributed by atoms with Crippen molar-refractivity contribution < 1.29 is 9.53 Å². The lowest BCUT2D eigenvalue weighted by Crippen LogP contribution is -2.24. The third kappa shape index (κ3) is 3.87. The van der Waals surface area contributed by atoms with Crippen molar-refractivity contribution >= 4 is 23.2 Å². The molecule has 0 aliphatic carbocycles. The zero-order valence-corrected chi connectivity index (χ0v) is 12.9. The second kappa shape index (κ2) is 6.94. The molecule has 6 heteroatoms. The zero-order valence-electron chi connectivity index (χ0n) is 12.2. The molecule has 1 saturated heterocycles. The van der Waals surface area contributed by atoms with E-state index in [0.717, 1.165) is 19.4 Å². The van der Waals surface area contributed by atoms with E-state index in [0.29, 0.717) is 22.8 Å². The first-order valence-electron chi connectivity index (χ1n) is 7.42. The highest BCUT2D eigenvalue weighted by Gasteiger charge is 2.15. The van der Waals surface area contributed by atoms with Gasteiger partial charge in [-0.1, -0.05) is 17.7 Å². The lowest BCUT2D eigenvalue weighted by molar-refractivity contribution is 0.00401. The van der Waals surface area contributed by atoms with Crippen molar-refractivity contribution in [1.29, 1.82) is 0 Å². The van der Waals surface area contributed by atoms with E-state index in [2.05, 4.69) is 10.4 Å². The Morgan fingerprint density at radius 1 is 1.45 bits per heavy atom. The number of amides is 1. The molecule has 1 atom stereocenters. The lowest BCUT2D eigenvalue weighted by Gasteiger charge is -2.22. The number of carbonyl (C=O) groups excluding carboxylic acids is 1. The Morgan fingerprint density at radius 3 is 3.14 bits per heavy atom. The summed E-state index contributed by atoms with van der Waals surface area (Å²) < 4.78 is 7.50. The predicted molar refractivity (Wildman–Crippen MR) is 85.2 cm³/mol. The highest BCUT2D eigenvalue weighted by Crippen LogP contribution is 2.16. The van der Waals surface area contributed by atoms with Crippen LogP contribution in [0.2, 0.25) is 5.02 Å². The third-order valence-electron chi connectivity index (χ3n) is 3.64. The monoisotopic (exact) mass is 319 g/mol. The van der Waals surface area contributed by atoms with Gasteiger partial charge >= 0.3 is 0 Å². The van der Waals surface area contributed by atoms with Crippen LogP contribution in [0, 0.1) is 0 Å².